The van der Waals surface area contributed by atoms with Gasteiger partial charge in [0.1, 0.15) is 6.61 Å². The quantitative estimate of drug-likeness (QED) is 0.844. The van der Waals surface area contributed by atoms with Gasteiger partial charge in [0.15, 0.2) is 5.75 Å². The van der Waals surface area contributed by atoms with Gasteiger partial charge in [-0.2, -0.15) is 5.26 Å². The molecule has 2 aliphatic rings. The van der Waals surface area contributed by atoms with Crippen LogP contribution in [0.4, 0.5) is 5.69 Å². The summed E-state index contributed by atoms with van der Waals surface area (Å²) >= 11 is 0. The number of nitrogens with zero attached hydrogens (tertiary/aromatic N) is 3. The van der Waals surface area contributed by atoms with E-state index in [0.717, 1.165) is 41.3 Å². The number of ether oxygens (including phenoxy) is 1. The van der Waals surface area contributed by atoms with Crippen LogP contribution in [0.15, 0.2) is 24.4 Å². The monoisotopic (exact) mass is 307 g/mol. The summed E-state index contributed by atoms with van der Waals surface area (Å²) in [4.78, 5) is 6.95. The second-order valence-electron chi connectivity index (χ2n) is 6.61. The predicted octanol–water partition coefficient (Wildman–Crippen LogP) is 3.89. The van der Waals surface area contributed by atoms with E-state index in [9.17, 15) is 5.26 Å². The number of fused-ring (bicyclic) bond motifs is 3. The number of pyridine rings is 1. The van der Waals surface area contributed by atoms with Crippen molar-refractivity contribution in [3.05, 3.63) is 30.0 Å². The molecule has 0 saturated heterocycles. The molecule has 1 aromatic carbocycles. The number of nitriles is 1. The largest absolute Gasteiger partial charge is 0.488 e. The zero-order valence-corrected chi connectivity index (χ0v) is 13.3. The summed E-state index contributed by atoms with van der Waals surface area (Å²) in [5.41, 5.74) is 2.74. The van der Waals surface area contributed by atoms with Crippen LogP contribution in [-0.4, -0.2) is 24.7 Å². The fourth-order valence-corrected chi connectivity index (χ4v) is 3.90. The molecule has 0 N–H and O–H groups in total. The van der Waals surface area contributed by atoms with E-state index in [-0.39, 0.29) is 0 Å². The lowest BCUT2D eigenvalue weighted by atomic mass is 9.88. The first kappa shape index (κ1) is 14.3. The number of hydrogen-bond donors (Lipinski definition) is 0. The molecule has 23 heavy (non-hydrogen) atoms. The van der Waals surface area contributed by atoms with Gasteiger partial charge < -0.3 is 9.64 Å². The standard InChI is InChI=1S/C19H21N3O/c20-11-15-6-7-17-16(10-15)19-18(12-21-17)23-9-8-22(19)13-14-4-2-1-3-5-14/h6-7,10,12,14H,1-5,8-9,13H2. The predicted molar refractivity (Wildman–Crippen MR) is 90.7 cm³/mol. The second kappa shape index (κ2) is 6.08. The van der Waals surface area contributed by atoms with Crippen LogP contribution in [-0.2, 0) is 0 Å². The Labute approximate surface area is 136 Å². The average molecular weight is 307 g/mol. The van der Waals surface area contributed by atoms with Gasteiger partial charge in [0, 0.05) is 11.9 Å². The number of hydrogen-bond acceptors (Lipinski definition) is 4. The van der Waals surface area contributed by atoms with E-state index in [2.05, 4.69) is 16.0 Å². The van der Waals surface area contributed by atoms with Gasteiger partial charge in [0.25, 0.3) is 0 Å². The molecule has 0 radical (unpaired) electrons. The summed E-state index contributed by atoms with van der Waals surface area (Å²) in [6.45, 7) is 2.72. The van der Waals surface area contributed by atoms with Crippen LogP contribution < -0.4 is 9.64 Å². The van der Waals surface area contributed by atoms with Crippen LogP contribution in [0.3, 0.4) is 0 Å². The van der Waals surface area contributed by atoms with Crippen molar-refractivity contribution in [3.63, 3.8) is 0 Å². The van der Waals surface area contributed by atoms with E-state index in [1.54, 1.807) is 0 Å². The van der Waals surface area contributed by atoms with E-state index in [4.69, 9.17) is 4.74 Å². The van der Waals surface area contributed by atoms with Crippen LogP contribution in [0.5, 0.6) is 5.75 Å². The first-order valence-corrected chi connectivity index (χ1v) is 8.56. The normalized spacial score (nSPS) is 18.3. The van der Waals surface area contributed by atoms with Crippen molar-refractivity contribution < 1.29 is 4.74 Å². The number of rotatable bonds is 2. The van der Waals surface area contributed by atoms with Crippen molar-refractivity contribution in [2.24, 2.45) is 5.92 Å². The molecule has 0 amide bonds. The van der Waals surface area contributed by atoms with Crippen LogP contribution in [0.25, 0.3) is 10.9 Å². The maximum absolute atomic E-state index is 9.21. The molecule has 0 spiro atoms. The molecule has 2 heterocycles. The molecular weight excluding hydrogens is 286 g/mol. The van der Waals surface area contributed by atoms with E-state index in [1.165, 1.54) is 32.1 Å². The van der Waals surface area contributed by atoms with Crippen molar-refractivity contribution in [3.8, 4) is 11.8 Å². The van der Waals surface area contributed by atoms with Gasteiger partial charge in [0.2, 0.25) is 0 Å². The van der Waals surface area contributed by atoms with Crippen molar-refractivity contribution >= 4 is 16.6 Å². The van der Waals surface area contributed by atoms with Gasteiger partial charge in [0.05, 0.1) is 35.6 Å². The van der Waals surface area contributed by atoms with Crippen LogP contribution in [0.1, 0.15) is 37.7 Å². The molecule has 1 saturated carbocycles. The zero-order valence-electron chi connectivity index (χ0n) is 13.3. The summed E-state index contributed by atoms with van der Waals surface area (Å²) in [5, 5.41) is 10.3. The third-order valence-electron chi connectivity index (χ3n) is 5.07. The molecule has 1 aliphatic heterocycles. The molecule has 0 unspecified atom stereocenters. The Balaban J connectivity index is 1.75. The Morgan fingerprint density at radius 2 is 2.13 bits per heavy atom. The average Bonchev–Trinajstić information content (AvgIpc) is 2.62. The smallest absolute Gasteiger partial charge is 0.161 e. The number of benzene rings is 1. The summed E-state index contributed by atoms with van der Waals surface area (Å²) in [6, 6.07) is 7.95. The van der Waals surface area contributed by atoms with Crippen LogP contribution in [0, 0.1) is 17.2 Å². The van der Waals surface area contributed by atoms with Gasteiger partial charge in [-0.05, 0) is 37.0 Å². The SMILES string of the molecule is N#Cc1ccc2ncc3c(c2c1)N(CC1CCCCC1)CCO3. The summed E-state index contributed by atoms with van der Waals surface area (Å²) < 4.78 is 5.84. The molecule has 0 bridgehead atoms. The first-order chi connectivity index (χ1) is 11.3. The Kier molecular flexibility index (Phi) is 3.78. The molecule has 4 rings (SSSR count). The van der Waals surface area contributed by atoms with Gasteiger partial charge in [-0.15, -0.1) is 0 Å². The van der Waals surface area contributed by atoms with Crippen molar-refractivity contribution in [1.82, 2.24) is 4.98 Å². The zero-order chi connectivity index (χ0) is 15.6. The van der Waals surface area contributed by atoms with Gasteiger partial charge >= 0.3 is 0 Å². The highest BCUT2D eigenvalue weighted by Crippen LogP contribution is 2.39. The minimum Gasteiger partial charge on any atom is -0.488 e. The molecule has 2 aromatic rings. The highest BCUT2D eigenvalue weighted by molar-refractivity contribution is 5.96. The molecule has 1 fully saturated rings. The van der Waals surface area contributed by atoms with Gasteiger partial charge in [-0.25, -0.2) is 0 Å². The minimum absolute atomic E-state index is 0.677. The Hall–Kier alpha value is -2.28. The van der Waals surface area contributed by atoms with Crippen molar-refractivity contribution in [1.29, 1.82) is 5.26 Å². The number of anilines is 1. The fourth-order valence-electron chi connectivity index (χ4n) is 3.90. The molecular formula is C19H21N3O. The van der Waals surface area contributed by atoms with Gasteiger partial charge in [-0.1, -0.05) is 19.3 Å². The first-order valence-electron chi connectivity index (χ1n) is 8.56. The minimum atomic E-state index is 0.677. The van der Waals surface area contributed by atoms with Crippen molar-refractivity contribution in [2.75, 3.05) is 24.6 Å². The Morgan fingerprint density at radius 1 is 1.26 bits per heavy atom. The topological polar surface area (TPSA) is 49.2 Å². The second-order valence-corrected chi connectivity index (χ2v) is 6.61. The van der Waals surface area contributed by atoms with E-state index >= 15 is 0 Å². The highest BCUT2D eigenvalue weighted by atomic mass is 16.5. The van der Waals surface area contributed by atoms with Crippen molar-refractivity contribution in [2.45, 2.75) is 32.1 Å². The van der Waals surface area contributed by atoms with Gasteiger partial charge in [-0.3, -0.25) is 4.98 Å². The number of aromatic nitrogens is 1. The van der Waals surface area contributed by atoms with E-state index in [0.29, 0.717) is 12.2 Å². The Morgan fingerprint density at radius 3 is 2.96 bits per heavy atom. The van der Waals surface area contributed by atoms with Crippen LogP contribution >= 0.6 is 0 Å². The molecule has 0 atom stereocenters. The third kappa shape index (κ3) is 2.72. The lowest BCUT2D eigenvalue weighted by molar-refractivity contribution is 0.292. The molecule has 118 valence electrons. The summed E-state index contributed by atoms with van der Waals surface area (Å²) in [5.74, 6) is 1.63. The lowest BCUT2D eigenvalue weighted by Crippen LogP contribution is -2.37. The van der Waals surface area contributed by atoms with Crippen LogP contribution in [0.2, 0.25) is 0 Å². The van der Waals surface area contributed by atoms with E-state index in [1.807, 2.05) is 24.4 Å². The maximum atomic E-state index is 9.21. The maximum Gasteiger partial charge on any atom is 0.161 e. The molecule has 1 aromatic heterocycles. The Bertz CT molecular complexity index is 759. The summed E-state index contributed by atoms with van der Waals surface area (Å²) in [7, 11) is 0. The molecule has 1 aliphatic carbocycles. The highest BCUT2D eigenvalue weighted by Gasteiger charge is 2.25. The molecule has 4 nitrogen and oxygen atoms in total. The fraction of sp³-hybridized carbons (Fsp3) is 0.474. The third-order valence-corrected chi connectivity index (χ3v) is 5.07. The summed E-state index contributed by atoms with van der Waals surface area (Å²) in [6.07, 6.45) is 8.60. The molecule has 4 heteroatoms. The lowest BCUT2D eigenvalue weighted by Gasteiger charge is -2.35. The van der Waals surface area contributed by atoms with E-state index < -0.39 is 0 Å².